The molecule has 0 bridgehead atoms. The monoisotopic (exact) mass is 293 g/mol. The summed E-state index contributed by atoms with van der Waals surface area (Å²) in [5.41, 5.74) is 1.49. The predicted molar refractivity (Wildman–Crippen MR) is 64.2 cm³/mol. The third-order valence-corrected chi connectivity index (χ3v) is 2.95. The van der Waals surface area contributed by atoms with Gasteiger partial charge in [0.25, 0.3) is 0 Å². The van der Waals surface area contributed by atoms with E-state index in [1.54, 1.807) is 18.2 Å². The highest BCUT2D eigenvalue weighted by molar-refractivity contribution is 7.09. The summed E-state index contributed by atoms with van der Waals surface area (Å²) in [5.74, 6) is -0.803. The van der Waals surface area contributed by atoms with Crippen molar-refractivity contribution in [2.45, 2.75) is 12.1 Å². The lowest BCUT2D eigenvalue weighted by Gasteiger charge is -2.03. The summed E-state index contributed by atoms with van der Waals surface area (Å²) in [4.78, 5) is 3.37. The highest BCUT2D eigenvalue weighted by Crippen LogP contribution is 2.30. The van der Waals surface area contributed by atoms with Gasteiger partial charge >= 0.3 is 6.18 Å². The largest absolute Gasteiger partial charge is 0.452 e. The van der Waals surface area contributed by atoms with Gasteiger partial charge in [-0.25, -0.2) is 0 Å². The molecule has 0 unspecified atom stereocenters. The second-order valence-electron chi connectivity index (χ2n) is 3.38. The van der Waals surface area contributed by atoms with E-state index in [0.717, 1.165) is 5.56 Å². The minimum absolute atomic E-state index is 0.0917. The van der Waals surface area contributed by atoms with Gasteiger partial charge in [-0.05, 0) is 17.7 Å². The summed E-state index contributed by atoms with van der Waals surface area (Å²) >= 11 is 6.32. The Labute approximate surface area is 110 Å². The molecule has 0 aliphatic carbocycles. The molecule has 0 amide bonds. The third kappa shape index (κ3) is 3.11. The molecule has 0 saturated heterocycles. The Balaban J connectivity index is 2.16. The molecular formula is C10H7ClF3N3S. The average molecular weight is 294 g/mol. The number of alkyl halides is 4. The van der Waals surface area contributed by atoms with Gasteiger partial charge in [0, 0.05) is 23.1 Å². The molecule has 18 heavy (non-hydrogen) atoms. The van der Waals surface area contributed by atoms with Gasteiger partial charge in [0.15, 0.2) is 0 Å². The SMILES string of the molecule is FC(F)(F)c1nsc(Nc2cccc(CCl)c2)n1. The highest BCUT2D eigenvalue weighted by atomic mass is 35.5. The van der Waals surface area contributed by atoms with Crippen molar-refractivity contribution in [3.63, 3.8) is 0 Å². The number of hydrogen-bond acceptors (Lipinski definition) is 4. The standard InChI is InChI=1S/C10H7ClF3N3S/c11-5-6-2-1-3-7(4-6)15-9-16-8(17-18-9)10(12,13)14/h1-4H,5H2,(H,15,16,17). The van der Waals surface area contributed by atoms with E-state index >= 15 is 0 Å². The molecule has 0 fully saturated rings. The number of nitrogens with one attached hydrogen (secondary N) is 1. The molecule has 1 aromatic carbocycles. The quantitative estimate of drug-likeness (QED) is 0.868. The minimum atomic E-state index is -4.52. The van der Waals surface area contributed by atoms with E-state index in [1.165, 1.54) is 0 Å². The first-order valence-electron chi connectivity index (χ1n) is 4.82. The Morgan fingerprint density at radius 1 is 1.33 bits per heavy atom. The van der Waals surface area contributed by atoms with Crippen LogP contribution in [-0.2, 0) is 12.1 Å². The zero-order valence-corrected chi connectivity index (χ0v) is 10.4. The first-order chi connectivity index (χ1) is 8.49. The van der Waals surface area contributed by atoms with Crippen molar-refractivity contribution in [1.29, 1.82) is 0 Å². The van der Waals surface area contributed by atoms with Gasteiger partial charge < -0.3 is 5.32 Å². The molecule has 2 aromatic rings. The highest BCUT2D eigenvalue weighted by Gasteiger charge is 2.36. The Hall–Kier alpha value is -1.34. The van der Waals surface area contributed by atoms with Crippen molar-refractivity contribution >= 4 is 34.0 Å². The lowest BCUT2D eigenvalue weighted by molar-refractivity contribution is -0.144. The summed E-state index contributed by atoms with van der Waals surface area (Å²) in [7, 11) is 0. The second kappa shape index (κ2) is 5.11. The molecule has 0 saturated carbocycles. The maximum absolute atomic E-state index is 12.3. The van der Waals surface area contributed by atoms with Crippen LogP contribution in [0.2, 0.25) is 0 Å². The Morgan fingerprint density at radius 2 is 2.11 bits per heavy atom. The molecule has 8 heteroatoms. The average Bonchev–Trinajstić information content (AvgIpc) is 2.77. The van der Waals surface area contributed by atoms with Crippen LogP contribution in [0.1, 0.15) is 11.4 Å². The van der Waals surface area contributed by atoms with Crippen molar-refractivity contribution in [3.8, 4) is 0 Å². The van der Waals surface area contributed by atoms with Gasteiger partial charge in [-0.2, -0.15) is 22.5 Å². The number of aromatic nitrogens is 2. The van der Waals surface area contributed by atoms with Crippen LogP contribution in [0.5, 0.6) is 0 Å². The van der Waals surface area contributed by atoms with Crippen LogP contribution in [0.4, 0.5) is 24.0 Å². The minimum Gasteiger partial charge on any atom is -0.330 e. The summed E-state index contributed by atoms with van der Waals surface area (Å²) < 4.78 is 40.1. The lowest BCUT2D eigenvalue weighted by atomic mass is 10.2. The molecule has 0 atom stereocenters. The van der Waals surface area contributed by atoms with E-state index in [1.807, 2.05) is 6.07 Å². The Bertz CT molecular complexity index is 541. The summed E-state index contributed by atoms with van der Waals surface area (Å²) in [6.07, 6.45) is -4.52. The van der Waals surface area contributed by atoms with Gasteiger partial charge in [-0.1, -0.05) is 12.1 Å². The van der Waals surface area contributed by atoms with Gasteiger partial charge in [-0.3, -0.25) is 0 Å². The van der Waals surface area contributed by atoms with Crippen LogP contribution >= 0.6 is 23.1 Å². The molecule has 0 radical (unpaired) electrons. The van der Waals surface area contributed by atoms with E-state index in [4.69, 9.17) is 11.6 Å². The number of halogens is 4. The molecule has 2 rings (SSSR count). The maximum Gasteiger partial charge on any atom is 0.452 e. The van der Waals surface area contributed by atoms with Crippen LogP contribution in [0, 0.1) is 0 Å². The van der Waals surface area contributed by atoms with Gasteiger partial charge in [-0.15, -0.1) is 11.6 Å². The van der Waals surface area contributed by atoms with Crippen LogP contribution in [0.3, 0.4) is 0 Å². The lowest BCUT2D eigenvalue weighted by Crippen LogP contribution is -2.07. The first kappa shape index (κ1) is 13.1. The summed E-state index contributed by atoms with van der Waals surface area (Å²) in [6.45, 7) is 0. The first-order valence-corrected chi connectivity index (χ1v) is 6.12. The van der Waals surface area contributed by atoms with Crippen LogP contribution in [0.15, 0.2) is 24.3 Å². The molecule has 3 nitrogen and oxygen atoms in total. The zero-order chi connectivity index (χ0) is 13.2. The molecule has 1 heterocycles. The van der Waals surface area contributed by atoms with E-state index in [2.05, 4.69) is 14.7 Å². The molecular weight excluding hydrogens is 287 g/mol. The van der Waals surface area contributed by atoms with Gasteiger partial charge in [0.05, 0.1) is 0 Å². The normalized spacial score (nSPS) is 11.6. The van der Waals surface area contributed by atoms with E-state index in [-0.39, 0.29) is 5.13 Å². The van der Waals surface area contributed by atoms with Crippen LogP contribution < -0.4 is 5.32 Å². The molecule has 0 aliphatic heterocycles. The Morgan fingerprint density at radius 3 is 2.72 bits per heavy atom. The molecule has 1 N–H and O–H groups in total. The topological polar surface area (TPSA) is 37.8 Å². The fourth-order valence-electron chi connectivity index (χ4n) is 1.25. The molecule has 96 valence electrons. The van der Waals surface area contributed by atoms with Crippen LogP contribution in [-0.4, -0.2) is 9.36 Å². The van der Waals surface area contributed by atoms with Crippen molar-refractivity contribution < 1.29 is 13.2 Å². The van der Waals surface area contributed by atoms with Crippen LogP contribution in [0.25, 0.3) is 0 Å². The van der Waals surface area contributed by atoms with Crippen molar-refractivity contribution in [3.05, 3.63) is 35.7 Å². The smallest absolute Gasteiger partial charge is 0.330 e. The number of nitrogens with zero attached hydrogens (tertiary/aromatic N) is 2. The summed E-state index contributed by atoms with van der Waals surface area (Å²) in [6, 6.07) is 7.03. The Kier molecular flexibility index (Phi) is 3.72. The van der Waals surface area contributed by atoms with E-state index in [9.17, 15) is 13.2 Å². The van der Waals surface area contributed by atoms with E-state index < -0.39 is 12.0 Å². The van der Waals surface area contributed by atoms with Gasteiger partial charge in [0.1, 0.15) is 0 Å². The van der Waals surface area contributed by atoms with Crippen molar-refractivity contribution in [2.75, 3.05) is 5.32 Å². The molecule has 0 spiro atoms. The predicted octanol–water partition coefficient (Wildman–Crippen LogP) is 4.04. The van der Waals surface area contributed by atoms with Crippen molar-refractivity contribution in [1.82, 2.24) is 9.36 Å². The van der Waals surface area contributed by atoms with Crippen molar-refractivity contribution in [2.24, 2.45) is 0 Å². The third-order valence-electron chi connectivity index (χ3n) is 2.01. The number of hydrogen-bond donors (Lipinski definition) is 1. The second-order valence-corrected chi connectivity index (χ2v) is 4.40. The van der Waals surface area contributed by atoms with E-state index in [0.29, 0.717) is 23.1 Å². The molecule has 1 aromatic heterocycles. The molecule has 0 aliphatic rings. The fourth-order valence-corrected chi connectivity index (χ4v) is 2.02. The van der Waals surface area contributed by atoms with Gasteiger partial charge in [0.2, 0.25) is 11.0 Å². The fraction of sp³-hybridized carbons (Fsp3) is 0.200. The maximum atomic E-state index is 12.3. The number of benzene rings is 1. The number of anilines is 2. The zero-order valence-electron chi connectivity index (χ0n) is 8.83. The summed E-state index contributed by atoms with van der Waals surface area (Å²) in [5, 5.41) is 2.85. The number of rotatable bonds is 3.